The van der Waals surface area contributed by atoms with E-state index in [1.807, 2.05) is 63.5 Å². The van der Waals surface area contributed by atoms with Crippen LogP contribution in [0.1, 0.15) is 17.0 Å². The van der Waals surface area contributed by atoms with Gasteiger partial charge in [0.1, 0.15) is 11.3 Å². The SMILES string of the molecule is C=C/C=C(/c1cc(F)cc(NCCN(C)C)c1)c1nc(-c2n[nH]c3ccc(-c4ccccn4)nc23)[nH]c1C. The number of likely N-dealkylation sites (N-methyl/N-ethyl adjacent to an activating group) is 1. The van der Waals surface area contributed by atoms with Crippen LogP contribution < -0.4 is 5.32 Å². The molecule has 5 rings (SSSR count). The zero-order chi connectivity index (χ0) is 26.6. The highest BCUT2D eigenvalue weighted by Crippen LogP contribution is 2.31. The quantitative estimate of drug-likeness (QED) is 0.229. The van der Waals surface area contributed by atoms with Crippen LogP contribution >= 0.6 is 0 Å². The number of fused-ring (bicyclic) bond motifs is 1. The number of imidazole rings is 1. The summed E-state index contributed by atoms with van der Waals surface area (Å²) in [6.07, 6.45) is 5.26. The molecular formula is C29H29FN8. The smallest absolute Gasteiger partial charge is 0.161 e. The highest BCUT2D eigenvalue weighted by atomic mass is 19.1. The summed E-state index contributed by atoms with van der Waals surface area (Å²) in [4.78, 5) is 19.5. The molecule has 38 heavy (non-hydrogen) atoms. The molecule has 3 N–H and O–H groups in total. The molecule has 0 saturated carbocycles. The monoisotopic (exact) mass is 508 g/mol. The molecule has 0 spiro atoms. The van der Waals surface area contributed by atoms with Gasteiger partial charge in [0.25, 0.3) is 0 Å². The Balaban J connectivity index is 1.53. The standard InChI is InChI=1S/C29H29FN8/c1-5-8-22(19-15-20(30)17-21(16-19)31-13-14-38(3)4)26-18(2)33-29(35-26)28-27-25(36-37-28)11-10-24(34-27)23-9-6-7-12-32-23/h5-12,15-17,31H,1,13-14H2,2-4H3,(H,33,35)(H,36,37)/b22-8-. The average molecular weight is 509 g/mol. The second-order valence-corrected chi connectivity index (χ2v) is 9.21. The highest BCUT2D eigenvalue weighted by Gasteiger charge is 2.19. The number of nitrogens with one attached hydrogen (secondary N) is 3. The van der Waals surface area contributed by atoms with Crippen molar-refractivity contribution in [2.45, 2.75) is 6.92 Å². The first-order valence-corrected chi connectivity index (χ1v) is 12.3. The molecular weight excluding hydrogens is 479 g/mol. The largest absolute Gasteiger partial charge is 0.384 e. The van der Waals surface area contributed by atoms with Gasteiger partial charge in [-0.1, -0.05) is 24.8 Å². The Labute approximate surface area is 220 Å². The number of aryl methyl sites for hydroxylation is 1. The number of benzene rings is 1. The molecule has 0 aliphatic rings. The predicted octanol–water partition coefficient (Wildman–Crippen LogP) is 5.45. The number of aromatic nitrogens is 6. The van der Waals surface area contributed by atoms with Crippen LogP contribution in [0.5, 0.6) is 0 Å². The number of aromatic amines is 2. The van der Waals surface area contributed by atoms with Gasteiger partial charge in [-0.3, -0.25) is 10.1 Å². The van der Waals surface area contributed by atoms with Gasteiger partial charge in [0.05, 0.1) is 22.6 Å². The molecule has 0 radical (unpaired) electrons. The lowest BCUT2D eigenvalue weighted by molar-refractivity contribution is 0.425. The van der Waals surface area contributed by atoms with Gasteiger partial charge >= 0.3 is 0 Å². The number of H-pyrrole nitrogens is 2. The fourth-order valence-corrected chi connectivity index (χ4v) is 4.26. The molecule has 0 amide bonds. The summed E-state index contributed by atoms with van der Waals surface area (Å²) < 4.78 is 14.7. The van der Waals surface area contributed by atoms with Crippen molar-refractivity contribution in [3.63, 3.8) is 0 Å². The predicted molar refractivity (Wildman–Crippen MR) is 150 cm³/mol. The Bertz CT molecular complexity index is 1610. The van der Waals surface area contributed by atoms with E-state index in [2.05, 4.69) is 37.0 Å². The maximum atomic E-state index is 14.7. The van der Waals surface area contributed by atoms with Crippen LogP contribution in [0, 0.1) is 12.7 Å². The fourth-order valence-electron chi connectivity index (χ4n) is 4.26. The summed E-state index contributed by atoms with van der Waals surface area (Å²) in [5, 5.41) is 10.8. The van der Waals surface area contributed by atoms with Crippen molar-refractivity contribution in [3.8, 4) is 22.9 Å². The van der Waals surface area contributed by atoms with E-state index >= 15 is 0 Å². The molecule has 0 bridgehead atoms. The number of nitrogens with zero attached hydrogens (tertiary/aromatic N) is 5. The number of rotatable bonds is 9. The Hall–Kier alpha value is -4.63. The van der Waals surface area contributed by atoms with Gasteiger partial charge in [-0.25, -0.2) is 14.4 Å². The minimum atomic E-state index is -0.331. The van der Waals surface area contributed by atoms with Crippen molar-refractivity contribution in [1.82, 2.24) is 35.0 Å². The van der Waals surface area contributed by atoms with Crippen LogP contribution in [-0.4, -0.2) is 62.2 Å². The number of hydrogen-bond acceptors (Lipinski definition) is 6. The van der Waals surface area contributed by atoms with Gasteiger partial charge in [0, 0.05) is 36.2 Å². The lowest BCUT2D eigenvalue weighted by atomic mass is 10.00. The summed E-state index contributed by atoms with van der Waals surface area (Å²) in [5.74, 6) is 0.230. The lowest BCUT2D eigenvalue weighted by Crippen LogP contribution is -2.20. The first-order valence-electron chi connectivity index (χ1n) is 12.3. The zero-order valence-corrected chi connectivity index (χ0v) is 21.6. The Morgan fingerprint density at radius 3 is 2.74 bits per heavy atom. The van der Waals surface area contributed by atoms with Crippen molar-refractivity contribution >= 4 is 22.3 Å². The molecule has 0 aliphatic heterocycles. The van der Waals surface area contributed by atoms with E-state index in [1.54, 1.807) is 12.3 Å². The summed E-state index contributed by atoms with van der Waals surface area (Å²) in [6, 6.07) is 14.5. The zero-order valence-electron chi connectivity index (χ0n) is 21.6. The van der Waals surface area contributed by atoms with Crippen LogP contribution in [0.4, 0.5) is 10.1 Å². The highest BCUT2D eigenvalue weighted by molar-refractivity contribution is 5.90. The van der Waals surface area contributed by atoms with Crippen molar-refractivity contribution < 1.29 is 4.39 Å². The number of anilines is 1. The van der Waals surface area contributed by atoms with E-state index in [4.69, 9.17) is 9.97 Å². The summed E-state index contributed by atoms with van der Waals surface area (Å²) in [6.45, 7) is 7.33. The molecule has 0 fully saturated rings. The maximum Gasteiger partial charge on any atom is 0.161 e. The van der Waals surface area contributed by atoms with Gasteiger partial charge < -0.3 is 15.2 Å². The third-order valence-corrected chi connectivity index (χ3v) is 6.08. The first-order chi connectivity index (χ1) is 18.4. The van der Waals surface area contributed by atoms with Gasteiger partial charge in [-0.05, 0) is 69.0 Å². The molecule has 0 saturated heterocycles. The molecule has 0 unspecified atom stereocenters. The molecule has 4 aromatic heterocycles. The topological polar surface area (TPSA) is 98.4 Å². The van der Waals surface area contributed by atoms with Gasteiger partial charge in [0.2, 0.25) is 0 Å². The molecule has 0 atom stereocenters. The Morgan fingerprint density at radius 2 is 1.97 bits per heavy atom. The van der Waals surface area contributed by atoms with E-state index in [9.17, 15) is 4.39 Å². The third-order valence-electron chi connectivity index (χ3n) is 6.08. The number of pyridine rings is 2. The van der Waals surface area contributed by atoms with Crippen molar-refractivity contribution in [2.24, 2.45) is 0 Å². The van der Waals surface area contributed by atoms with Crippen LogP contribution in [0.2, 0.25) is 0 Å². The molecule has 8 nitrogen and oxygen atoms in total. The number of halogens is 1. The molecule has 0 aliphatic carbocycles. The van der Waals surface area contributed by atoms with Crippen molar-refractivity contribution in [3.05, 3.63) is 96.2 Å². The maximum absolute atomic E-state index is 14.7. The fraction of sp³-hybridized carbons (Fsp3) is 0.172. The second kappa shape index (κ2) is 10.8. The molecule has 1 aromatic carbocycles. The Morgan fingerprint density at radius 1 is 1.11 bits per heavy atom. The summed E-state index contributed by atoms with van der Waals surface area (Å²) in [7, 11) is 4.00. The van der Waals surface area contributed by atoms with Crippen LogP contribution in [-0.2, 0) is 0 Å². The summed E-state index contributed by atoms with van der Waals surface area (Å²) in [5.41, 5.74) is 7.22. The summed E-state index contributed by atoms with van der Waals surface area (Å²) >= 11 is 0. The van der Waals surface area contributed by atoms with E-state index < -0.39 is 0 Å². The van der Waals surface area contributed by atoms with Crippen molar-refractivity contribution in [2.75, 3.05) is 32.5 Å². The second-order valence-electron chi connectivity index (χ2n) is 9.21. The molecule has 9 heteroatoms. The minimum Gasteiger partial charge on any atom is -0.384 e. The van der Waals surface area contributed by atoms with E-state index in [0.29, 0.717) is 40.5 Å². The Kier molecular flexibility index (Phi) is 7.10. The van der Waals surface area contributed by atoms with Gasteiger partial charge in [0.15, 0.2) is 11.5 Å². The van der Waals surface area contributed by atoms with Crippen LogP contribution in [0.15, 0.2) is 73.5 Å². The number of hydrogen-bond donors (Lipinski definition) is 3. The van der Waals surface area contributed by atoms with Crippen LogP contribution in [0.3, 0.4) is 0 Å². The third kappa shape index (κ3) is 5.23. The first kappa shape index (κ1) is 25.0. The minimum absolute atomic E-state index is 0.331. The average Bonchev–Trinajstić information content (AvgIpc) is 3.50. The normalized spacial score (nSPS) is 11.9. The van der Waals surface area contributed by atoms with Gasteiger partial charge in [-0.15, -0.1) is 0 Å². The van der Waals surface area contributed by atoms with Crippen LogP contribution in [0.25, 0.3) is 39.5 Å². The molecule has 5 aromatic rings. The molecule has 192 valence electrons. The van der Waals surface area contributed by atoms with E-state index in [0.717, 1.165) is 34.7 Å². The number of allylic oxidation sites excluding steroid dienone is 2. The van der Waals surface area contributed by atoms with E-state index in [-0.39, 0.29) is 5.82 Å². The van der Waals surface area contributed by atoms with E-state index in [1.165, 1.54) is 12.1 Å². The molecule has 4 heterocycles. The van der Waals surface area contributed by atoms with Crippen molar-refractivity contribution in [1.29, 1.82) is 0 Å². The van der Waals surface area contributed by atoms with Gasteiger partial charge in [-0.2, -0.15) is 5.10 Å². The lowest BCUT2D eigenvalue weighted by Gasteiger charge is -2.13.